The highest BCUT2D eigenvalue weighted by molar-refractivity contribution is 5.92. The van der Waals surface area contributed by atoms with Crippen molar-refractivity contribution in [3.8, 4) is 0 Å². The number of primary amides is 1. The maximum Gasteiger partial charge on any atom is 0.321 e. The minimum absolute atomic E-state index is 0.379. The number of nitrogens with two attached hydrogens (primary N) is 2. The van der Waals surface area contributed by atoms with Crippen LogP contribution in [0.1, 0.15) is 16.8 Å². The molecule has 18 heavy (non-hydrogen) atoms. The van der Waals surface area contributed by atoms with E-state index in [0.29, 0.717) is 5.56 Å². The van der Waals surface area contributed by atoms with Crippen molar-refractivity contribution in [1.29, 1.82) is 0 Å². The van der Waals surface area contributed by atoms with Gasteiger partial charge in [0.2, 0.25) is 5.91 Å². The molecule has 0 aliphatic heterocycles. The molecule has 0 fully saturated rings. The maximum atomic E-state index is 10.4. The molecule has 0 aliphatic carbocycles. The quantitative estimate of drug-likeness (QED) is 0.578. The standard InChI is InChI=1S/C7H7NO.C4H7NO4/c8-7(9)6-4-2-1-3-5-6;5-2(4(8)9)1-3(6)7/h1-5H,(H2,8,9);2H,1,5H2,(H,6,7)(H,8,9). The number of hydrogen-bond acceptors (Lipinski definition) is 4. The number of benzene rings is 1. The van der Waals surface area contributed by atoms with Gasteiger partial charge in [-0.3, -0.25) is 14.4 Å². The smallest absolute Gasteiger partial charge is 0.321 e. The zero-order valence-electron chi connectivity index (χ0n) is 9.45. The minimum atomic E-state index is -1.29. The molecule has 1 unspecified atom stereocenters. The summed E-state index contributed by atoms with van der Waals surface area (Å²) in [6.07, 6.45) is -0.532. The molecule has 0 aromatic heterocycles. The fourth-order valence-electron chi connectivity index (χ4n) is 0.878. The van der Waals surface area contributed by atoms with E-state index in [4.69, 9.17) is 21.7 Å². The first-order valence-corrected chi connectivity index (χ1v) is 4.89. The van der Waals surface area contributed by atoms with Gasteiger partial charge < -0.3 is 21.7 Å². The first-order chi connectivity index (χ1) is 8.34. The van der Waals surface area contributed by atoms with E-state index in [9.17, 15) is 14.4 Å². The van der Waals surface area contributed by atoms with Crippen LogP contribution in [-0.4, -0.2) is 34.1 Å². The Balaban J connectivity index is 0.000000321. The average Bonchev–Trinajstić information content (AvgIpc) is 2.30. The molecule has 1 rings (SSSR count). The molecule has 1 aromatic carbocycles. The highest BCUT2D eigenvalue weighted by Gasteiger charge is 2.14. The second-order valence-corrected chi connectivity index (χ2v) is 3.27. The Morgan fingerprint density at radius 3 is 1.83 bits per heavy atom. The van der Waals surface area contributed by atoms with Crippen molar-refractivity contribution in [3.05, 3.63) is 35.9 Å². The molecule has 1 amide bonds. The summed E-state index contributed by atoms with van der Waals surface area (Å²) in [7, 11) is 0. The second kappa shape index (κ2) is 7.80. The van der Waals surface area contributed by atoms with E-state index in [-0.39, 0.29) is 5.91 Å². The second-order valence-electron chi connectivity index (χ2n) is 3.27. The third kappa shape index (κ3) is 6.96. The molecule has 7 nitrogen and oxygen atoms in total. The Hall–Kier alpha value is -2.41. The summed E-state index contributed by atoms with van der Waals surface area (Å²) in [6.45, 7) is 0. The van der Waals surface area contributed by atoms with Crippen LogP contribution in [0.15, 0.2) is 30.3 Å². The number of aliphatic carboxylic acids is 2. The Bertz CT molecular complexity index is 419. The highest BCUT2D eigenvalue weighted by Crippen LogP contribution is 1.94. The van der Waals surface area contributed by atoms with Gasteiger partial charge in [0.05, 0.1) is 6.42 Å². The lowest BCUT2D eigenvalue weighted by Gasteiger charge is -1.99. The van der Waals surface area contributed by atoms with Crippen molar-refractivity contribution in [3.63, 3.8) is 0 Å². The normalized spacial score (nSPS) is 10.7. The van der Waals surface area contributed by atoms with Crippen LogP contribution in [0.5, 0.6) is 0 Å². The Morgan fingerprint density at radius 2 is 1.61 bits per heavy atom. The Labute approximate surface area is 103 Å². The predicted molar refractivity (Wildman–Crippen MR) is 62.8 cm³/mol. The molecular weight excluding hydrogens is 240 g/mol. The fraction of sp³-hybridized carbons (Fsp3) is 0.182. The first-order valence-electron chi connectivity index (χ1n) is 4.89. The van der Waals surface area contributed by atoms with Crippen LogP contribution >= 0.6 is 0 Å². The van der Waals surface area contributed by atoms with E-state index < -0.39 is 24.4 Å². The number of carbonyl (C=O) groups is 3. The van der Waals surface area contributed by atoms with Gasteiger partial charge in [0.15, 0.2) is 0 Å². The first kappa shape index (κ1) is 15.6. The lowest BCUT2D eigenvalue weighted by Crippen LogP contribution is -2.32. The number of carboxylic acids is 2. The molecule has 1 atom stereocenters. The molecule has 0 saturated heterocycles. The zero-order chi connectivity index (χ0) is 14.1. The molecule has 0 heterocycles. The summed E-state index contributed by atoms with van der Waals surface area (Å²) in [5.74, 6) is -2.88. The largest absolute Gasteiger partial charge is 0.481 e. The SMILES string of the molecule is NC(=O)c1ccccc1.NC(CC(=O)O)C(=O)O. The van der Waals surface area contributed by atoms with Crippen LogP contribution in [-0.2, 0) is 9.59 Å². The van der Waals surface area contributed by atoms with Gasteiger partial charge in [0.25, 0.3) is 0 Å². The van der Waals surface area contributed by atoms with Gasteiger partial charge in [-0.25, -0.2) is 0 Å². The van der Waals surface area contributed by atoms with Crippen LogP contribution < -0.4 is 11.5 Å². The summed E-state index contributed by atoms with van der Waals surface area (Å²) in [5, 5.41) is 16.0. The van der Waals surface area contributed by atoms with E-state index in [2.05, 4.69) is 0 Å². The van der Waals surface area contributed by atoms with Gasteiger partial charge in [0.1, 0.15) is 6.04 Å². The topological polar surface area (TPSA) is 144 Å². The van der Waals surface area contributed by atoms with Crippen molar-refractivity contribution in [1.82, 2.24) is 0 Å². The summed E-state index contributed by atoms with van der Waals surface area (Å²) in [4.78, 5) is 30.0. The molecule has 98 valence electrons. The number of carboxylic acid groups (broad SMARTS) is 2. The maximum absolute atomic E-state index is 10.4. The van der Waals surface area contributed by atoms with Crippen LogP contribution in [0, 0.1) is 0 Å². The third-order valence-corrected chi connectivity index (χ3v) is 1.77. The van der Waals surface area contributed by atoms with Crippen molar-refractivity contribution in [2.24, 2.45) is 11.5 Å². The van der Waals surface area contributed by atoms with E-state index in [0.717, 1.165) is 0 Å². The molecule has 0 aliphatic rings. The Kier molecular flexibility index (Phi) is 6.75. The lowest BCUT2D eigenvalue weighted by molar-refractivity contribution is -0.144. The number of rotatable bonds is 4. The van der Waals surface area contributed by atoms with Crippen molar-refractivity contribution in [2.75, 3.05) is 0 Å². The van der Waals surface area contributed by atoms with Gasteiger partial charge in [0, 0.05) is 5.56 Å². The summed E-state index contributed by atoms with van der Waals surface area (Å²) >= 11 is 0. The molecule has 0 radical (unpaired) electrons. The molecule has 7 heteroatoms. The highest BCUT2D eigenvalue weighted by atomic mass is 16.4. The number of hydrogen-bond donors (Lipinski definition) is 4. The average molecular weight is 254 g/mol. The molecule has 1 aromatic rings. The fourth-order valence-corrected chi connectivity index (χ4v) is 0.878. The van der Waals surface area contributed by atoms with Crippen molar-refractivity contribution < 1.29 is 24.6 Å². The number of carbonyl (C=O) groups excluding carboxylic acids is 1. The van der Waals surface area contributed by atoms with Crippen molar-refractivity contribution >= 4 is 17.8 Å². The zero-order valence-corrected chi connectivity index (χ0v) is 9.45. The Morgan fingerprint density at radius 1 is 1.11 bits per heavy atom. The molecule has 0 bridgehead atoms. The summed E-state index contributed by atoms with van der Waals surface area (Å²) in [5.41, 5.74) is 10.4. The van der Waals surface area contributed by atoms with E-state index in [1.165, 1.54) is 0 Å². The summed E-state index contributed by atoms with van der Waals surface area (Å²) in [6, 6.07) is 7.47. The van der Waals surface area contributed by atoms with Gasteiger partial charge in [-0.1, -0.05) is 18.2 Å². The van der Waals surface area contributed by atoms with Crippen LogP contribution in [0.3, 0.4) is 0 Å². The minimum Gasteiger partial charge on any atom is -0.481 e. The van der Waals surface area contributed by atoms with Gasteiger partial charge >= 0.3 is 11.9 Å². The predicted octanol–water partition coefficient (Wildman–Crippen LogP) is -0.342. The van der Waals surface area contributed by atoms with Crippen molar-refractivity contribution in [2.45, 2.75) is 12.5 Å². The van der Waals surface area contributed by atoms with Gasteiger partial charge in [-0.15, -0.1) is 0 Å². The van der Waals surface area contributed by atoms with Crippen LogP contribution in [0.25, 0.3) is 0 Å². The monoisotopic (exact) mass is 254 g/mol. The molecule has 6 N–H and O–H groups in total. The van der Waals surface area contributed by atoms with E-state index in [1.54, 1.807) is 24.3 Å². The molecule has 0 spiro atoms. The van der Waals surface area contributed by atoms with E-state index >= 15 is 0 Å². The third-order valence-electron chi connectivity index (χ3n) is 1.77. The summed E-state index contributed by atoms with van der Waals surface area (Å²) < 4.78 is 0. The number of amides is 1. The molecule has 0 saturated carbocycles. The lowest BCUT2D eigenvalue weighted by atomic mass is 10.2. The van der Waals surface area contributed by atoms with Crippen LogP contribution in [0.4, 0.5) is 0 Å². The van der Waals surface area contributed by atoms with Gasteiger partial charge in [-0.05, 0) is 12.1 Å². The van der Waals surface area contributed by atoms with E-state index in [1.807, 2.05) is 6.07 Å². The molecular formula is C11H14N2O5. The van der Waals surface area contributed by atoms with Crippen LogP contribution in [0.2, 0.25) is 0 Å². The van der Waals surface area contributed by atoms with Gasteiger partial charge in [-0.2, -0.15) is 0 Å².